The Morgan fingerprint density at radius 2 is 1.12 bits per heavy atom. The van der Waals surface area contributed by atoms with Crippen molar-refractivity contribution in [3.63, 3.8) is 0 Å². The first-order valence-corrected chi connectivity index (χ1v) is 12.0. The van der Waals surface area contributed by atoms with Gasteiger partial charge in [0.25, 0.3) is 0 Å². The molecule has 0 nitrogen and oxygen atoms in total. The van der Waals surface area contributed by atoms with Crippen LogP contribution in [0.15, 0.2) is 84.4 Å². The van der Waals surface area contributed by atoms with Gasteiger partial charge in [-0.15, -0.1) is 0 Å². The molecule has 0 heteroatoms. The molecule has 1 aliphatic rings. The smallest absolute Gasteiger partial charge is 0.00513 e. The highest BCUT2D eigenvalue weighted by Gasteiger charge is 2.21. The van der Waals surface area contributed by atoms with Crippen LogP contribution in [0.2, 0.25) is 0 Å². The maximum absolute atomic E-state index is 2.48. The van der Waals surface area contributed by atoms with Crippen molar-refractivity contribution < 1.29 is 0 Å². The average Bonchev–Trinajstić information content (AvgIpc) is 3.20. The second-order valence-electron chi connectivity index (χ2n) is 9.77. The molecule has 0 radical (unpaired) electrons. The summed E-state index contributed by atoms with van der Waals surface area (Å²) in [6, 6.07) is 29.4. The lowest BCUT2D eigenvalue weighted by Gasteiger charge is -2.16. The minimum absolute atomic E-state index is 1.04. The van der Waals surface area contributed by atoms with E-state index in [1.807, 2.05) is 0 Å². The van der Waals surface area contributed by atoms with Gasteiger partial charge in [-0.3, -0.25) is 0 Å². The molecule has 0 saturated heterocycles. The first-order valence-electron chi connectivity index (χ1n) is 12.0. The summed E-state index contributed by atoms with van der Waals surface area (Å²) in [5.41, 5.74) is 16.6. The molecule has 4 aromatic rings. The molecule has 0 bridgehead atoms. The van der Waals surface area contributed by atoms with Gasteiger partial charge >= 0.3 is 0 Å². The van der Waals surface area contributed by atoms with Crippen LogP contribution in [0.1, 0.15) is 45.4 Å². The molecule has 1 aliphatic carbocycles. The second kappa shape index (κ2) is 8.87. The Balaban J connectivity index is 1.59. The zero-order valence-corrected chi connectivity index (χ0v) is 20.2. The van der Waals surface area contributed by atoms with Crippen molar-refractivity contribution in [3.8, 4) is 22.3 Å². The fourth-order valence-corrected chi connectivity index (χ4v) is 5.39. The van der Waals surface area contributed by atoms with Crippen LogP contribution in [0.3, 0.4) is 0 Å². The number of hydrogen-bond acceptors (Lipinski definition) is 0. The second-order valence-corrected chi connectivity index (χ2v) is 9.77. The predicted molar refractivity (Wildman–Crippen MR) is 143 cm³/mol. The van der Waals surface area contributed by atoms with E-state index in [9.17, 15) is 0 Å². The molecule has 0 heterocycles. The lowest BCUT2D eigenvalue weighted by Crippen LogP contribution is -1.95. The molecule has 0 saturated carbocycles. The van der Waals surface area contributed by atoms with Crippen molar-refractivity contribution in [2.24, 2.45) is 0 Å². The van der Waals surface area contributed by atoms with E-state index in [0.29, 0.717) is 0 Å². The van der Waals surface area contributed by atoms with Gasteiger partial charge < -0.3 is 0 Å². The number of benzene rings is 4. The van der Waals surface area contributed by atoms with Gasteiger partial charge in [-0.25, -0.2) is 0 Å². The number of hydrogen-bond donors (Lipinski definition) is 0. The van der Waals surface area contributed by atoms with Gasteiger partial charge in [-0.05, 0) is 85.9 Å². The summed E-state index contributed by atoms with van der Waals surface area (Å²) < 4.78 is 0. The van der Waals surface area contributed by atoms with E-state index in [0.717, 1.165) is 19.3 Å². The Hall–Kier alpha value is -3.38. The zero-order valence-electron chi connectivity index (χ0n) is 20.2. The lowest BCUT2D eigenvalue weighted by molar-refractivity contribution is 0.918. The van der Waals surface area contributed by atoms with Gasteiger partial charge in [0.1, 0.15) is 0 Å². The number of allylic oxidation sites excluding steroid dienone is 1. The van der Waals surface area contributed by atoms with Crippen molar-refractivity contribution in [1.29, 1.82) is 0 Å². The monoisotopic (exact) mass is 428 g/mol. The molecule has 5 rings (SSSR count). The van der Waals surface area contributed by atoms with Crippen LogP contribution in [0.25, 0.3) is 28.3 Å². The molecule has 0 fully saturated rings. The highest BCUT2D eigenvalue weighted by atomic mass is 14.3. The van der Waals surface area contributed by atoms with Crippen LogP contribution in [0, 0.1) is 27.7 Å². The third kappa shape index (κ3) is 4.57. The lowest BCUT2D eigenvalue weighted by atomic mass is 9.88. The molecule has 0 N–H and O–H groups in total. The molecular weight excluding hydrogens is 396 g/mol. The van der Waals surface area contributed by atoms with E-state index in [4.69, 9.17) is 0 Å². The van der Waals surface area contributed by atoms with Gasteiger partial charge in [-0.1, -0.05) is 113 Å². The van der Waals surface area contributed by atoms with Crippen LogP contribution in [-0.2, 0) is 12.8 Å². The van der Waals surface area contributed by atoms with E-state index >= 15 is 0 Å². The minimum atomic E-state index is 1.04. The minimum Gasteiger partial charge on any atom is -0.0648 e. The highest BCUT2D eigenvalue weighted by Crippen LogP contribution is 2.41. The fraction of sp³-hybridized carbons (Fsp3) is 0.212. The molecule has 164 valence electrons. The largest absolute Gasteiger partial charge is 0.0648 e. The van der Waals surface area contributed by atoms with E-state index in [-0.39, 0.29) is 0 Å². The number of rotatable bonds is 5. The first-order chi connectivity index (χ1) is 16.0. The Labute approximate surface area is 198 Å². The summed E-state index contributed by atoms with van der Waals surface area (Å²) in [7, 11) is 0. The molecule has 33 heavy (non-hydrogen) atoms. The van der Waals surface area contributed by atoms with Crippen LogP contribution in [0.4, 0.5) is 0 Å². The van der Waals surface area contributed by atoms with E-state index < -0.39 is 0 Å². The summed E-state index contributed by atoms with van der Waals surface area (Å²) >= 11 is 0. The van der Waals surface area contributed by atoms with Crippen molar-refractivity contribution in [3.05, 3.63) is 123 Å². The zero-order chi connectivity index (χ0) is 22.9. The maximum Gasteiger partial charge on any atom is -0.00513 e. The third-order valence-corrected chi connectivity index (χ3v) is 6.75. The first kappa shape index (κ1) is 21.5. The highest BCUT2D eigenvalue weighted by molar-refractivity contribution is 5.87. The van der Waals surface area contributed by atoms with E-state index in [2.05, 4.69) is 113 Å². The third-order valence-electron chi connectivity index (χ3n) is 6.75. The topological polar surface area (TPSA) is 0 Å². The molecular formula is C33H32. The number of fused-ring (bicyclic) bond motifs is 1. The summed E-state index contributed by atoms with van der Waals surface area (Å²) in [6.45, 7) is 8.79. The molecule has 0 aromatic heterocycles. The van der Waals surface area contributed by atoms with Crippen molar-refractivity contribution in [2.45, 2.75) is 47.0 Å². The SMILES string of the molecule is Cc1cc(C)cc(-c2ccc(-c3cc(C)cc(C)c3)c3c2C=C(CCc2ccccc2)C3)c1. The molecule has 0 amide bonds. The Morgan fingerprint density at radius 1 is 0.576 bits per heavy atom. The summed E-state index contributed by atoms with van der Waals surface area (Å²) in [5.74, 6) is 0. The average molecular weight is 429 g/mol. The van der Waals surface area contributed by atoms with E-state index in [1.54, 1.807) is 0 Å². The maximum atomic E-state index is 2.48. The normalized spacial score (nSPS) is 12.5. The van der Waals surface area contributed by atoms with Gasteiger partial charge in [0, 0.05) is 0 Å². The van der Waals surface area contributed by atoms with Gasteiger partial charge in [0.05, 0.1) is 0 Å². The van der Waals surface area contributed by atoms with Crippen LogP contribution < -0.4 is 0 Å². The summed E-state index contributed by atoms with van der Waals surface area (Å²) in [4.78, 5) is 0. The van der Waals surface area contributed by atoms with Gasteiger partial charge in [-0.2, -0.15) is 0 Å². The van der Waals surface area contributed by atoms with Crippen LogP contribution in [0.5, 0.6) is 0 Å². The molecule has 0 spiro atoms. The van der Waals surface area contributed by atoms with E-state index in [1.165, 1.54) is 66.8 Å². The van der Waals surface area contributed by atoms with Crippen molar-refractivity contribution >= 4 is 6.08 Å². The molecule has 0 unspecified atom stereocenters. The number of aryl methyl sites for hydroxylation is 5. The Kier molecular flexibility index (Phi) is 5.77. The van der Waals surface area contributed by atoms with Crippen LogP contribution in [-0.4, -0.2) is 0 Å². The summed E-state index contributed by atoms with van der Waals surface area (Å²) in [6.07, 6.45) is 5.73. The molecule has 0 aliphatic heterocycles. The quantitative estimate of drug-likeness (QED) is 0.298. The standard InChI is InChI=1S/C33H32/c1-22-14-23(2)17-28(16-22)30-12-13-31(29-18-24(3)15-25(4)19-29)33-21-27(20-32(30)33)11-10-26-8-6-5-7-9-26/h5-9,12-20H,10-11,21H2,1-4H3. The summed E-state index contributed by atoms with van der Waals surface area (Å²) in [5, 5.41) is 0. The predicted octanol–water partition coefficient (Wildman–Crippen LogP) is 8.83. The molecule has 4 aromatic carbocycles. The van der Waals surface area contributed by atoms with Gasteiger partial charge in [0.15, 0.2) is 0 Å². The fourth-order valence-electron chi connectivity index (χ4n) is 5.39. The van der Waals surface area contributed by atoms with Crippen LogP contribution >= 0.6 is 0 Å². The Morgan fingerprint density at radius 3 is 1.73 bits per heavy atom. The molecule has 0 atom stereocenters. The van der Waals surface area contributed by atoms with Crippen molar-refractivity contribution in [2.75, 3.05) is 0 Å². The van der Waals surface area contributed by atoms with Gasteiger partial charge in [0.2, 0.25) is 0 Å². The Bertz CT molecular complexity index is 1310. The van der Waals surface area contributed by atoms with Crippen molar-refractivity contribution in [1.82, 2.24) is 0 Å².